The van der Waals surface area contributed by atoms with E-state index in [4.69, 9.17) is 10.5 Å². The topological polar surface area (TPSA) is 64.3 Å². The number of hydrogen-bond donors (Lipinski definition) is 2. The molecule has 5 heteroatoms. The molecular formula is C15H23BrN2O2. The molecule has 1 rings (SSSR count). The molecule has 0 spiro atoms. The number of rotatable bonds is 8. The lowest BCUT2D eigenvalue weighted by Crippen LogP contribution is -2.30. The van der Waals surface area contributed by atoms with Crippen LogP contribution in [0.25, 0.3) is 0 Å². The average Bonchev–Trinajstić information content (AvgIpc) is 2.39. The van der Waals surface area contributed by atoms with E-state index < -0.39 is 0 Å². The Hall–Kier alpha value is -1.07. The molecule has 1 aromatic rings. The highest BCUT2D eigenvalue weighted by molar-refractivity contribution is 9.10. The van der Waals surface area contributed by atoms with Crippen LogP contribution in [0.2, 0.25) is 0 Å². The molecule has 0 saturated heterocycles. The highest BCUT2D eigenvalue weighted by atomic mass is 79.9. The van der Waals surface area contributed by atoms with Gasteiger partial charge in [0, 0.05) is 11.0 Å². The van der Waals surface area contributed by atoms with Crippen molar-refractivity contribution in [3.8, 4) is 5.75 Å². The molecular weight excluding hydrogens is 320 g/mol. The second-order valence-electron chi connectivity index (χ2n) is 5.11. The van der Waals surface area contributed by atoms with Gasteiger partial charge in [-0.3, -0.25) is 4.79 Å². The summed E-state index contributed by atoms with van der Waals surface area (Å²) in [6.07, 6.45) is 1.75. The molecule has 20 heavy (non-hydrogen) atoms. The fraction of sp³-hybridized carbons (Fsp3) is 0.533. The Balaban J connectivity index is 2.41. The molecule has 1 aromatic carbocycles. The third-order valence-corrected chi connectivity index (χ3v) is 3.62. The summed E-state index contributed by atoms with van der Waals surface area (Å²) in [5, 5.41) is 2.84. The summed E-state index contributed by atoms with van der Waals surface area (Å²) in [7, 11) is 0. The first-order valence-corrected chi connectivity index (χ1v) is 7.70. The fourth-order valence-corrected chi connectivity index (χ4v) is 2.13. The lowest BCUT2D eigenvalue weighted by Gasteiger charge is -2.10. The van der Waals surface area contributed by atoms with E-state index in [-0.39, 0.29) is 12.5 Å². The van der Waals surface area contributed by atoms with E-state index >= 15 is 0 Å². The fourth-order valence-electron chi connectivity index (χ4n) is 1.69. The standard InChI is InChI=1S/C15H23BrN2O2/c1-11(2)6-8-18-15(19)10-20-13-3-4-14(16)12(9-13)5-7-17/h3-4,9,11H,5-8,10,17H2,1-2H3,(H,18,19). The van der Waals surface area contributed by atoms with Gasteiger partial charge < -0.3 is 15.8 Å². The van der Waals surface area contributed by atoms with Gasteiger partial charge in [0.1, 0.15) is 5.75 Å². The maximum atomic E-state index is 11.6. The van der Waals surface area contributed by atoms with Crippen LogP contribution < -0.4 is 15.8 Å². The van der Waals surface area contributed by atoms with E-state index in [2.05, 4.69) is 35.1 Å². The molecule has 112 valence electrons. The quantitative estimate of drug-likeness (QED) is 0.762. The third-order valence-electron chi connectivity index (χ3n) is 2.84. The van der Waals surface area contributed by atoms with Crippen molar-refractivity contribution < 1.29 is 9.53 Å². The molecule has 0 aliphatic carbocycles. The van der Waals surface area contributed by atoms with Crippen LogP contribution in [0.4, 0.5) is 0 Å². The Labute approximate surface area is 129 Å². The van der Waals surface area contributed by atoms with Crippen LogP contribution in [-0.2, 0) is 11.2 Å². The largest absolute Gasteiger partial charge is 0.484 e. The van der Waals surface area contributed by atoms with E-state index in [0.29, 0.717) is 24.8 Å². The van der Waals surface area contributed by atoms with Crippen LogP contribution in [0.5, 0.6) is 5.75 Å². The van der Waals surface area contributed by atoms with E-state index in [1.54, 1.807) is 0 Å². The molecule has 0 aliphatic heterocycles. The first-order valence-electron chi connectivity index (χ1n) is 6.91. The summed E-state index contributed by atoms with van der Waals surface area (Å²) in [4.78, 5) is 11.6. The predicted octanol–water partition coefficient (Wildman–Crippen LogP) is 2.49. The molecule has 0 atom stereocenters. The lowest BCUT2D eigenvalue weighted by molar-refractivity contribution is -0.123. The Morgan fingerprint density at radius 2 is 2.20 bits per heavy atom. The van der Waals surface area contributed by atoms with Gasteiger partial charge in [0.25, 0.3) is 5.91 Å². The molecule has 4 nitrogen and oxygen atoms in total. The number of halogens is 1. The molecule has 0 radical (unpaired) electrons. The molecule has 0 fully saturated rings. The summed E-state index contributed by atoms with van der Waals surface area (Å²) in [5.41, 5.74) is 6.64. The summed E-state index contributed by atoms with van der Waals surface area (Å²) in [5.74, 6) is 1.19. The van der Waals surface area contributed by atoms with Gasteiger partial charge in [-0.2, -0.15) is 0 Å². The molecule has 0 unspecified atom stereocenters. The number of amides is 1. The van der Waals surface area contributed by atoms with Crippen molar-refractivity contribution in [2.45, 2.75) is 26.7 Å². The van der Waals surface area contributed by atoms with Gasteiger partial charge in [0.15, 0.2) is 6.61 Å². The maximum Gasteiger partial charge on any atom is 0.257 e. The molecule has 3 N–H and O–H groups in total. The molecule has 0 bridgehead atoms. The lowest BCUT2D eigenvalue weighted by atomic mass is 10.1. The molecule has 0 heterocycles. The first-order chi connectivity index (χ1) is 9.52. The van der Waals surface area contributed by atoms with Crippen molar-refractivity contribution in [2.24, 2.45) is 11.7 Å². The zero-order valence-electron chi connectivity index (χ0n) is 12.1. The van der Waals surface area contributed by atoms with Crippen LogP contribution in [0.1, 0.15) is 25.8 Å². The second kappa shape index (κ2) is 8.97. The zero-order valence-corrected chi connectivity index (χ0v) is 13.7. The van der Waals surface area contributed by atoms with Crippen LogP contribution in [0, 0.1) is 5.92 Å². The number of nitrogens with one attached hydrogen (secondary N) is 1. The van der Waals surface area contributed by atoms with Gasteiger partial charge in [0.05, 0.1) is 0 Å². The molecule has 1 amide bonds. The van der Waals surface area contributed by atoms with Crippen molar-refractivity contribution in [1.82, 2.24) is 5.32 Å². The van der Waals surface area contributed by atoms with E-state index in [1.165, 1.54) is 0 Å². The van der Waals surface area contributed by atoms with E-state index in [0.717, 1.165) is 22.9 Å². The highest BCUT2D eigenvalue weighted by Gasteiger charge is 2.05. The average molecular weight is 343 g/mol. The molecule has 0 aromatic heterocycles. The summed E-state index contributed by atoms with van der Waals surface area (Å²) in [6, 6.07) is 5.67. The minimum atomic E-state index is -0.0889. The first kappa shape index (κ1) is 17.0. The second-order valence-corrected chi connectivity index (χ2v) is 5.97. The predicted molar refractivity (Wildman–Crippen MR) is 84.9 cm³/mol. The van der Waals surface area contributed by atoms with Gasteiger partial charge in [-0.1, -0.05) is 29.8 Å². The summed E-state index contributed by atoms with van der Waals surface area (Å²) < 4.78 is 6.50. The monoisotopic (exact) mass is 342 g/mol. The SMILES string of the molecule is CC(C)CCNC(=O)COc1ccc(Br)c(CCN)c1. The normalized spacial score (nSPS) is 10.7. The van der Waals surface area contributed by atoms with Crippen molar-refractivity contribution >= 4 is 21.8 Å². The van der Waals surface area contributed by atoms with Gasteiger partial charge in [0.2, 0.25) is 0 Å². The Morgan fingerprint density at radius 3 is 2.85 bits per heavy atom. The number of hydrogen-bond acceptors (Lipinski definition) is 3. The third kappa shape index (κ3) is 6.39. The van der Waals surface area contributed by atoms with Gasteiger partial charge >= 0.3 is 0 Å². The number of ether oxygens (including phenoxy) is 1. The van der Waals surface area contributed by atoms with E-state index in [9.17, 15) is 4.79 Å². The summed E-state index contributed by atoms with van der Waals surface area (Å²) >= 11 is 3.47. The minimum Gasteiger partial charge on any atom is -0.484 e. The van der Waals surface area contributed by atoms with Crippen LogP contribution >= 0.6 is 15.9 Å². The minimum absolute atomic E-state index is 0.0434. The number of carbonyl (C=O) groups excluding carboxylic acids is 1. The van der Waals surface area contributed by atoms with Crippen LogP contribution in [0.3, 0.4) is 0 Å². The Bertz CT molecular complexity index is 436. The van der Waals surface area contributed by atoms with Gasteiger partial charge in [-0.05, 0) is 49.1 Å². The van der Waals surface area contributed by atoms with Crippen molar-refractivity contribution in [2.75, 3.05) is 19.7 Å². The van der Waals surface area contributed by atoms with Crippen molar-refractivity contribution in [3.63, 3.8) is 0 Å². The van der Waals surface area contributed by atoms with Crippen molar-refractivity contribution in [3.05, 3.63) is 28.2 Å². The van der Waals surface area contributed by atoms with E-state index in [1.807, 2.05) is 18.2 Å². The number of benzene rings is 1. The maximum absolute atomic E-state index is 11.6. The van der Waals surface area contributed by atoms with Gasteiger partial charge in [-0.15, -0.1) is 0 Å². The van der Waals surface area contributed by atoms with Gasteiger partial charge in [-0.25, -0.2) is 0 Å². The number of nitrogens with two attached hydrogens (primary N) is 1. The number of carbonyl (C=O) groups is 1. The Morgan fingerprint density at radius 1 is 1.45 bits per heavy atom. The zero-order chi connectivity index (χ0) is 15.0. The smallest absolute Gasteiger partial charge is 0.257 e. The Kier molecular flexibility index (Phi) is 7.62. The van der Waals surface area contributed by atoms with Crippen LogP contribution in [-0.4, -0.2) is 25.6 Å². The van der Waals surface area contributed by atoms with Crippen LogP contribution in [0.15, 0.2) is 22.7 Å². The summed E-state index contributed by atoms with van der Waals surface area (Å²) in [6.45, 7) is 5.57. The van der Waals surface area contributed by atoms with Crippen molar-refractivity contribution in [1.29, 1.82) is 0 Å². The molecule has 0 aliphatic rings. The highest BCUT2D eigenvalue weighted by Crippen LogP contribution is 2.22. The molecule has 0 saturated carbocycles.